The molecule has 2 aromatic rings. The third kappa shape index (κ3) is 3.58. The lowest BCUT2D eigenvalue weighted by Gasteiger charge is -2.22. The quantitative estimate of drug-likeness (QED) is 0.844. The molecule has 0 aliphatic heterocycles. The molecular weight excluding hydrogens is 280 g/mol. The molecule has 1 aromatic carbocycles. The summed E-state index contributed by atoms with van der Waals surface area (Å²) in [5.41, 5.74) is 6.45. The number of hydrogen-bond donors (Lipinski definition) is 1. The van der Waals surface area contributed by atoms with E-state index >= 15 is 0 Å². The Morgan fingerprint density at radius 1 is 1.09 bits per heavy atom. The van der Waals surface area contributed by atoms with Gasteiger partial charge in [-0.05, 0) is 49.9 Å². The first-order valence-corrected chi connectivity index (χ1v) is 8.99. The average molecular weight is 310 g/mol. The van der Waals surface area contributed by atoms with Crippen molar-refractivity contribution in [1.82, 2.24) is 10.3 Å². The van der Waals surface area contributed by atoms with E-state index in [2.05, 4.69) is 58.1 Å². The normalized spacial score (nSPS) is 16.4. The van der Waals surface area contributed by atoms with Crippen LogP contribution in [0.25, 0.3) is 10.9 Å². The summed E-state index contributed by atoms with van der Waals surface area (Å²) in [7, 11) is 0. The molecule has 1 aliphatic carbocycles. The van der Waals surface area contributed by atoms with Crippen LogP contribution in [0, 0.1) is 13.8 Å². The van der Waals surface area contributed by atoms with Crippen molar-refractivity contribution in [2.24, 2.45) is 0 Å². The van der Waals surface area contributed by atoms with Gasteiger partial charge < -0.3 is 5.32 Å². The number of nitrogens with one attached hydrogen (secondary N) is 1. The summed E-state index contributed by atoms with van der Waals surface area (Å²) < 4.78 is 0. The molecule has 0 amide bonds. The highest BCUT2D eigenvalue weighted by atomic mass is 14.9. The molecule has 2 nitrogen and oxygen atoms in total. The van der Waals surface area contributed by atoms with E-state index in [1.54, 1.807) is 0 Å². The highest BCUT2D eigenvalue weighted by Gasteiger charge is 2.20. The minimum atomic E-state index is 0.0770. The highest BCUT2D eigenvalue weighted by Crippen LogP contribution is 2.29. The summed E-state index contributed by atoms with van der Waals surface area (Å²) in [4.78, 5) is 5.00. The van der Waals surface area contributed by atoms with Crippen LogP contribution in [0.4, 0.5) is 0 Å². The number of aromatic nitrogens is 1. The Hall–Kier alpha value is -1.41. The number of hydrogen-bond acceptors (Lipinski definition) is 2. The maximum absolute atomic E-state index is 5.00. The SMILES string of the molecule is Cc1cc(C)c2nc(C(C)(C)C)cc(CNC3CCCC3)c2c1. The third-order valence-corrected chi connectivity index (χ3v) is 5.04. The number of fused-ring (bicyclic) bond motifs is 1. The van der Waals surface area contributed by atoms with E-state index in [9.17, 15) is 0 Å². The van der Waals surface area contributed by atoms with Crippen LogP contribution < -0.4 is 5.32 Å². The first-order valence-electron chi connectivity index (χ1n) is 8.99. The Balaban J connectivity index is 2.04. The molecule has 0 saturated heterocycles. The maximum Gasteiger partial charge on any atom is 0.0738 e. The van der Waals surface area contributed by atoms with E-state index in [1.807, 2.05) is 0 Å². The lowest BCUT2D eigenvalue weighted by molar-refractivity contribution is 0.523. The van der Waals surface area contributed by atoms with E-state index in [0.717, 1.165) is 6.54 Å². The molecule has 0 radical (unpaired) electrons. The minimum Gasteiger partial charge on any atom is -0.310 e. The molecule has 1 aromatic heterocycles. The second kappa shape index (κ2) is 6.24. The third-order valence-electron chi connectivity index (χ3n) is 5.04. The number of pyridine rings is 1. The fraction of sp³-hybridized carbons (Fsp3) is 0.571. The predicted molar refractivity (Wildman–Crippen MR) is 99.0 cm³/mol. The second-order valence-electron chi connectivity index (χ2n) is 8.26. The standard InChI is InChI=1S/C21H30N2/c1-14-10-15(2)20-18(11-14)16(12-19(23-20)21(3,4)5)13-22-17-8-6-7-9-17/h10-12,17,22H,6-9,13H2,1-5H3. The molecule has 23 heavy (non-hydrogen) atoms. The van der Waals surface area contributed by atoms with Crippen LogP contribution in [0.3, 0.4) is 0 Å². The number of nitrogens with zero attached hydrogens (tertiary/aromatic N) is 1. The molecule has 1 heterocycles. The first-order chi connectivity index (χ1) is 10.8. The van der Waals surface area contributed by atoms with Crippen LogP contribution in [0.1, 0.15) is 68.8 Å². The van der Waals surface area contributed by atoms with E-state index < -0.39 is 0 Å². The molecule has 1 N–H and O–H groups in total. The zero-order valence-electron chi connectivity index (χ0n) is 15.3. The topological polar surface area (TPSA) is 24.9 Å². The molecule has 0 atom stereocenters. The van der Waals surface area contributed by atoms with Crippen molar-refractivity contribution in [3.8, 4) is 0 Å². The molecular formula is C21H30N2. The zero-order valence-corrected chi connectivity index (χ0v) is 15.3. The average Bonchev–Trinajstić information content (AvgIpc) is 2.97. The fourth-order valence-electron chi connectivity index (χ4n) is 3.66. The van der Waals surface area contributed by atoms with Gasteiger partial charge in [-0.15, -0.1) is 0 Å². The molecule has 124 valence electrons. The number of aryl methyl sites for hydroxylation is 2. The summed E-state index contributed by atoms with van der Waals surface area (Å²) in [6, 6.07) is 7.56. The Morgan fingerprint density at radius 3 is 2.43 bits per heavy atom. The van der Waals surface area contributed by atoms with Crippen molar-refractivity contribution in [2.75, 3.05) is 0 Å². The first kappa shape index (κ1) is 16.4. The highest BCUT2D eigenvalue weighted by molar-refractivity contribution is 5.86. The summed E-state index contributed by atoms with van der Waals surface area (Å²) in [6.07, 6.45) is 5.40. The van der Waals surface area contributed by atoms with Crippen molar-refractivity contribution >= 4 is 10.9 Å². The van der Waals surface area contributed by atoms with Crippen LogP contribution in [-0.4, -0.2) is 11.0 Å². The number of benzene rings is 1. The lowest BCUT2D eigenvalue weighted by Crippen LogP contribution is -2.26. The van der Waals surface area contributed by atoms with Gasteiger partial charge in [-0.1, -0.05) is 45.2 Å². The molecule has 1 fully saturated rings. The maximum atomic E-state index is 5.00. The van der Waals surface area contributed by atoms with Gasteiger partial charge in [0.2, 0.25) is 0 Å². The van der Waals surface area contributed by atoms with E-state index in [-0.39, 0.29) is 5.41 Å². The van der Waals surface area contributed by atoms with Gasteiger partial charge in [-0.3, -0.25) is 4.98 Å². The van der Waals surface area contributed by atoms with Gasteiger partial charge in [0.25, 0.3) is 0 Å². The minimum absolute atomic E-state index is 0.0770. The van der Waals surface area contributed by atoms with E-state index in [4.69, 9.17) is 4.98 Å². The van der Waals surface area contributed by atoms with Gasteiger partial charge in [-0.25, -0.2) is 0 Å². The molecule has 1 saturated carbocycles. The largest absolute Gasteiger partial charge is 0.310 e. The van der Waals surface area contributed by atoms with Gasteiger partial charge in [-0.2, -0.15) is 0 Å². The van der Waals surface area contributed by atoms with Crippen LogP contribution in [0.2, 0.25) is 0 Å². The monoisotopic (exact) mass is 310 g/mol. The lowest BCUT2D eigenvalue weighted by atomic mass is 9.89. The van der Waals surface area contributed by atoms with Crippen molar-refractivity contribution in [2.45, 2.75) is 78.3 Å². The zero-order chi connectivity index (χ0) is 16.6. The molecule has 2 heteroatoms. The Labute approximate surface area is 140 Å². The van der Waals surface area contributed by atoms with Crippen LogP contribution >= 0.6 is 0 Å². The van der Waals surface area contributed by atoms with Gasteiger partial charge in [0.05, 0.1) is 5.52 Å². The second-order valence-corrected chi connectivity index (χ2v) is 8.26. The van der Waals surface area contributed by atoms with Gasteiger partial charge in [0, 0.05) is 29.1 Å². The summed E-state index contributed by atoms with van der Waals surface area (Å²) in [6.45, 7) is 12.1. The Kier molecular flexibility index (Phi) is 4.46. The molecule has 0 spiro atoms. The van der Waals surface area contributed by atoms with Gasteiger partial charge >= 0.3 is 0 Å². The predicted octanol–water partition coefficient (Wildman–Crippen LogP) is 5.18. The molecule has 1 aliphatic rings. The van der Waals surface area contributed by atoms with Crippen molar-refractivity contribution < 1.29 is 0 Å². The molecule has 3 rings (SSSR count). The number of rotatable bonds is 3. The summed E-state index contributed by atoms with van der Waals surface area (Å²) in [5.74, 6) is 0. The van der Waals surface area contributed by atoms with Crippen LogP contribution in [0.5, 0.6) is 0 Å². The van der Waals surface area contributed by atoms with Crippen molar-refractivity contribution in [1.29, 1.82) is 0 Å². The van der Waals surface area contributed by atoms with Crippen LogP contribution in [-0.2, 0) is 12.0 Å². The van der Waals surface area contributed by atoms with Gasteiger partial charge in [0.1, 0.15) is 0 Å². The molecule has 0 bridgehead atoms. The Bertz CT molecular complexity index is 704. The summed E-state index contributed by atoms with van der Waals surface area (Å²) in [5, 5.41) is 5.10. The van der Waals surface area contributed by atoms with Crippen molar-refractivity contribution in [3.63, 3.8) is 0 Å². The fourth-order valence-corrected chi connectivity index (χ4v) is 3.66. The van der Waals surface area contributed by atoms with E-state index in [1.165, 1.54) is 59.0 Å². The Morgan fingerprint density at radius 2 is 1.78 bits per heavy atom. The van der Waals surface area contributed by atoms with Crippen LogP contribution in [0.15, 0.2) is 18.2 Å². The van der Waals surface area contributed by atoms with Crippen molar-refractivity contribution in [3.05, 3.63) is 40.6 Å². The smallest absolute Gasteiger partial charge is 0.0738 e. The van der Waals surface area contributed by atoms with E-state index in [0.29, 0.717) is 6.04 Å². The van der Waals surface area contributed by atoms with Gasteiger partial charge in [0.15, 0.2) is 0 Å². The summed E-state index contributed by atoms with van der Waals surface area (Å²) >= 11 is 0. The molecule has 0 unspecified atom stereocenters.